The van der Waals surface area contributed by atoms with Gasteiger partial charge >= 0.3 is 0 Å². The lowest BCUT2D eigenvalue weighted by atomic mass is 10.0. The van der Waals surface area contributed by atoms with Gasteiger partial charge in [-0.15, -0.1) is 0 Å². The first-order chi connectivity index (χ1) is 8.15. The average Bonchev–Trinajstić information content (AvgIpc) is 2.76. The van der Waals surface area contributed by atoms with Gasteiger partial charge in [-0.05, 0) is 44.7 Å². The van der Waals surface area contributed by atoms with E-state index in [0.29, 0.717) is 6.04 Å². The van der Waals surface area contributed by atoms with E-state index in [1.807, 2.05) is 0 Å². The second kappa shape index (κ2) is 8.10. The molecule has 1 aliphatic rings. The number of likely N-dealkylation sites (N-methyl/N-ethyl adjacent to an activating group) is 1. The van der Waals surface area contributed by atoms with Crippen molar-refractivity contribution in [3.63, 3.8) is 0 Å². The van der Waals surface area contributed by atoms with Crippen molar-refractivity contribution in [3.05, 3.63) is 0 Å². The molecule has 1 atom stereocenters. The normalized spacial score (nSPS) is 19.4. The first kappa shape index (κ1) is 15.0. The Morgan fingerprint density at radius 1 is 1.24 bits per heavy atom. The molecular formula is C15H32N2. The number of rotatable bonds is 8. The maximum atomic E-state index is 3.58. The van der Waals surface area contributed by atoms with Crippen LogP contribution in [0.25, 0.3) is 0 Å². The van der Waals surface area contributed by atoms with E-state index in [1.54, 1.807) is 0 Å². The van der Waals surface area contributed by atoms with Crippen LogP contribution in [-0.2, 0) is 0 Å². The summed E-state index contributed by atoms with van der Waals surface area (Å²) in [7, 11) is 2.32. The Bertz CT molecular complexity index is 185. The predicted octanol–water partition coefficient (Wildman–Crippen LogP) is 3.13. The fourth-order valence-corrected chi connectivity index (χ4v) is 3.06. The van der Waals surface area contributed by atoms with Crippen LogP contribution in [0.4, 0.5) is 0 Å². The van der Waals surface area contributed by atoms with E-state index in [4.69, 9.17) is 0 Å². The molecule has 1 aliphatic carbocycles. The summed E-state index contributed by atoms with van der Waals surface area (Å²) >= 11 is 0. The van der Waals surface area contributed by atoms with Gasteiger partial charge in [0, 0.05) is 19.1 Å². The van der Waals surface area contributed by atoms with E-state index >= 15 is 0 Å². The van der Waals surface area contributed by atoms with Gasteiger partial charge in [-0.1, -0.05) is 33.6 Å². The SMILES string of the molecule is CCCNCC(C(C)C)N(C)CC1CCCC1. The summed E-state index contributed by atoms with van der Waals surface area (Å²) in [6, 6.07) is 0.696. The molecule has 1 fully saturated rings. The van der Waals surface area contributed by atoms with Crippen molar-refractivity contribution >= 4 is 0 Å². The fourth-order valence-electron chi connectivity index (χ4n) is 3.06. The minimum absolute atomic E-state index is 0.696. The van der Waals surface area contributed by atoms with Crippen LogP contribution in [0.2, 0.25) is 0 Å². The maximum Gasteiger partial charge on any atom is 0.0240 e. The summed E-state index contributed by atoms with van der Waals surface area (Å²) in [6.45, 7) is 10.5. The van der Waals surface area contributed by atoms with Crippen molar-refractivity contribution in [2.24, 2.45) is 11.8 Å². The monoisotopic (exact) mass is 240 g/mol. The van der Waals surface area contributed by atoms with Gasteiger partial charge in [0.2, 0.25) is 0 Å². The van der Waals surface area contributed by atoms with Gasteiger partial charge in [0.05, 0.1) is 0 Å². The predicted molar refractivity (Wildman–Crippen MR) is 76.4 cm³/mol. The van der Waals surface area contributed by atoms with Crippen LogP contribution in [0.15, 0.2) is 0 Å². The van der Waals surface area contributed by atoms with Gasteiger partial charge in [-0.2, -0.15) is 0 Å². The molecule has 0 aromatic heterocycles. The molecule has 0 bridgehead atoms. The molecule has 1 rings (SSSR count). The van der Waals surface area contributed by atoms with Crippen LogP contribution < -0.4 is 5.32 Å². The van der Waals surface area contributed by atoms with Crippen LogP contribution >= 0.6 is 0 Å². The summed E-state index contributed by atoms with van der Waals surface area (Å²) in [5.41, 5.74) is 0. The zero-order chi connectivity index (χ0) is 12.7. The van der Waals surface area contributed by atoms with E-state index in [-0.39, 0.29) is 0 Å². The highest BCUT2D eigenvalue weighted by Gasteiger charge is 2.23. The number of nitrogens with zero attached hydrogens (tertiary/aromatic N) is 1. The van der Waals surface area contributed by atoms with Crippen molar-refractivity contribution in [1.29, 1.82) is 0 Å². The number of hydrogen-bond donors (Lipinski definition) is 1. The molecule has 0 aliphatic heterocycles. The van der Waals surface area contributed by atoms with Gasteiger partial charge in [-0.25, -0.2) is 0 Å². The first-order valence-electron chi connectivity index (χ1n) is 7.56. The Morgan fingerprint density at radius 2 is 1.88 bits per heavy atom. The van der Waals surface area contributed by atoms with Gasteiger partial charge in [0.25, 0.3) is 0 Å². The molecule has 1 N–H and O–H groups in total. The van der Waals surface area contributed by atoms with Crippen molar-refractivity contribution in [2.75, 3.05) is 26.7 Å². The molecule has 1 unspecified atom stereocenters. The third kappa shape index (κ3) is 5.39. The molecule has 2 nitrogen and oxygen atoms in total. The van der Waals surface area contributed by atoms with E-state index < -0.39 is 0 Å². The molecule has 1 saturated carbocycles. The second-order valence-corrected chi connectivity index (χ2v) is 6.11. The van der Waals surface area contributed by atoms with Crippen molar-refractivity contribution in [1.82, 2.24) is 10.2 Å². The third-order valence-corrected chi connectivity index (χ3v) is 4.14. The van der Waals surface area contributed by atoms with Crippen molar-refractivity contribution < 1.29 is 0 Å². The molecule has 0 amide bonds. The smallest absolute Gasteiger partial charge is 0.0240 e. The lowest BCUT2D eigenvalue weighted by Crippen LogP contribution is -2.45. The first-order valence-corrected chi connectivity index (χ1v) is 7.56. The van der Waals surface area contributed by atoms with E-state index in [0.717, 1.165) is 24.9 Å². The molecule has 17 heavy (non-hydrogen) atoms. The van der Waals surface area contributed by atoms with Crippen molar-refractivity contribution in [3.8, 4) is 0 Å². The number of hydrogen-bond acceptors (Lipinski definition) is 2. The fraction of sp³-hybridized carbons (Fsp3) is 1.00. The molecule has 0 radical (unpaired) electrons. The zero-order valence-corrected chi connectivity index (χ0v) is 12.3. The summed E-state index contributed by atoms with van der Waals surface area (Å²) in [5.74, 6) is 1.71. The highest BCUT2D eigenvalue weighted by molar-refractivity contribution is 4.78. The largest absolute Gasteiger partial charge is 0.315 e. The van der Waals surface area contributed by atoms with E-state index in [2.05, 4.69) is 38.0 Å². The summed E-state index contributed by atoms with van der Waals surface area (Å²) in [5, 5.41) is 3.58. The third-order valence-electron chi connectivity index (χ3n) is 4.14. The van der Waals surface area contributed by atoms with Gasteiger partial charge in [-0.3, -0.25) is 0 Å². The lowest BCUT2D eigenvalue weighted by molar-refractivity contribution is 0.163. The van der Waals surface area contributed by atoms with Gasteiger partial charge in [0.1, 0.15) is 0 Å². The average molecular weight is 240 g/mol. The highest BCUT2D eigenvalue weighted by atomic mass is 15.2. The minimum atomic E-state index is 0.696. The molecule has 0 aromatic rings. The maximum absolute atomic E-state index is 3.58. The molecule has 0 spiro atoms. The zero-order valence-electron chi connectivity index (χ0n) is 12.3. The van der Waals surface area contributed by atoms with Crippen LogP contribution in [0, 0.1) is 11.8 Å². The molecule has 0 heterocycles. The molecule has 102 valence electrons. The second-order valence-electron chi connectivity index (χ2n) is 6.11. The Labute approximate surface area is 108 Å². The topological polar surface area (TPSA) is 15.3 Å². The van der Waals surface area contributed by atoms with Crippen LogP contribution in [-0.4, -0.2) is 37.6 Å². The van der Waals surface area contributed by atoms with E-state index in [9.17, 15) is 0 Å². The standard InChI is InChI=1S/C15H32N2/c1-5-10-16-11-15(13(2)3)17(4)12-14-8-6-7-9-14/h13-16H,5-12H2,1-4H3. The van der Waals surface area contributed by atoms with Crippen LogP contribution in [0.5, 0.6) is 0 Å². The Balaban J connectivity index is 2.33. The quantitative estimate of drug-likeness (QED) is 0.656. The minimum Gasteiger partial charge on any atom is -0.315 e. The Hall–Kier alpha value is -0.0800. The summed E-state index contributed by atoms with van der Waals surface area (Å²) in [6.07, 6.45) is 7.06. The van der Waals surface area contributed by atoms with Crippen LogP contribution in [0.1, 0.15) is 52.9 Å². The van der Waals surface area contributed by atoms with Gasteiger partial charge < -0.3 is 10.2 Å². The van der Waals surface area contributed by atoms with Crippen LogP contribution in [0.3, 0.4) is 0 Å². The van der Waals surface area contributed by atoms with E-state index in [1.165, 1.54) is 38.6 Å². The highest BCUT2D eigenvalue weighted by Crippen LogP contribution is 2.26. The van der Waals surface area contributed by atoms with Gasteiger partial charge in [0.15, 0.2) is 0 Å². The summed E-state index contributed by atoms with van der Waals surface area (Å²) < 4.78 is 0. The summed E-state index contributed by atoms with van der Waals surface area (Å²) in [4.78, 5) is 2.60. The van der Waals surface area contributed by atoms with Crippen molar-refractivity contribution in [2.45, 2.75) is 58.9 Å². The Morgan fingerprint density at radius 3 is 2.41 bits per heavy atom. The molecule has 0 saturated heterocycles. The molecule has 2 heteroatoms. The Kier molecular flexibility index (Phi) is 7.14. The molecule has 0 aromatic carbocycles. The number of nitrogens with one attached hydrogen (secondary N) is 1. The molecular weight excluding hydrogens is 208 g/mol. The lowest BCUT2D eigenvalue weighted by Gasteiger charge is -2.33.